The van der Waals surface area contributed by atoms with Gasteiger partial charge >= 0.3 is 6.03 Å². The summed E-state index contributed by atoms with van der Waals surface area (Å²) in [5, 5.41) is 11.7. The van der Waals surface area contributed by atoms with Crippen LogP contribution >= 0.6 is 11.8 Å². The van der Waals surface area contributed by atoms with E-state index in [2.05, 4.69) is 32.6 Å². The van der Waals surface area contributed by atoms with Crippen LogP contribution in [-0.2, 0) is 6.54 Å². The maximum absolute atomic E-state index is 13.5. The third kappa shape index (κ3) is 4.06. The average molecular weight is 431 g/mol. The van der Waals surface area contributed by atoms with E-state index >= 15 is 0 Å². The fraction of sp³-hybridized carbons (Fsp3) is 0.208. The molecule has 0 atom stereocenters. The van der Waals surface area contributed by atoms with Gasteiger partial charge in [-0.05, 0) is 30.3 Å². The van der Waals surface area contributed by atoms with E-state index in [-0.39, 0.29) is 6.03 Å². The molecule has 1 aliphatic heterocycles. The zero-order chi connectivity index (χ0) is 21.1. The highest BCUT2D eigenvalue weighted by Crippen LogP contribution is 2.29. The number of carbonyl (C=O) groups excluding carboxylic acids is 1. The number of hydrogen-bond donors (Lipinski definition) is 2. The van der Waals surface area contributed by atoms with Crippen molar-refractivity contribution in [2.24, 2.45) is 0 Å². The summed E-state index contributed by atoms with van der Waals surface area (Å²) in [5.41, 5.74) is 4.77. The van der Waals surface area contributed by atoms with Gasteiger partial charge in [-0.1, -0.05) is 30.3 Å². The SMILES string of the molecule is O=C(Nc1ccc2[nH]nc(-c3ccncc3)c2c1)[N+]1(Cc2ccccc2)CCSCC1. The van der Waals surface area contributed by atoms with E-state index in [4.69, 9.17) is 0 Å². The van der Waals surface area contributed by atoms with Crippen molar-refractivity contribution in [3.05, 3.63) is 78.6 Å². The number of aromatic nitrogens is 3. The van der Waals surface area contributed by atoms with E-state index < -0.39 is 0 Å². The highest BCUT2D eigenvalue weighted by molar-refractivity contribution is 7.99. The minimum Gasteiger partial charge on any atom is -0.277 e. The standard InChI is InChI=1S/C24H23N5OS/c30-24(29(12-14-31-15-13-29)17-18-4-2-1-3-5-18)26-20-6-7-22-21(16-20)23(28-27-22)19-8-10-25-11-9-19/h1-11,16H,12-15,17H2,(H-,25,26,27,28,30)/p+1. The Labute approximate surface area is 185 Å². The van der Waals surface area contributed by atoms with Crippen LogP contribution in [0.1, 0.15) is 5.56 Å². The van der Waals surface area contributed by atoms with Gasteiger partial charge < -0.3 is 0 Å². The highest BCUT2D eigenvalue weighted by atomic mass is 32.2. The molecule has 2 aromatic heterocycles. The van der Waals surface area contributed by atoms with Crippen molar-refractivity contribution in [2.75, 3.05) is 29.9 Å². The third-order valence-corrected chi connectivity index (χ3v) is 6.80. The molecule has 7 heteroatoms. The normalized spacial score (nSPS) is 15.6. The van der Waals surface area contributed by atoms with Crippen LogP contribution in [0.3, 0.4) is 0 Å². The van der Waals surface area contributed by atoms with Gasteiger partial charge in [-0.25, -0.2) is 9.28 Å². The molecule has 6 nitrogen and oxygen atoms in total. The fourth-order valence-corrected chi connectivity index (χ4v) is 5.28. The van der Waals surface area contributed by atoms with Crippen LogP contribution < -0.4 is 5.32 Å². The number of anilines is 1. The molecule has 0 unspecified atom stereocenters. The molecule has 3 heterocycles. The Morgan fingerprint density at radius 3 is 2.58 bits per heavy atom. The van der Waals surface area contributed by atoms with Gasteiger partial charge in [-0.2, -0.15) is 16.9 Å². The van der Waals surface area contributed by atoms with E-state index in [1.54, 1.807) is 12.4 Å². The lowest BCUT2D eigenvalue weighted by Gasteiger charge is -2.38. The lowest BCUT2D eigenvalue weighted by Crippen LogP contribution is -2.58. The number of rotatable bonds is 4. The zero-order valence-corrected chi connectivity index (χ0v) is 17.9. The van der Waals surface area contributed by atoms with Gasteiger partial charge in [-0.15, -0.1) is 0 Å². The minimum atomic E-state index is 0.0532. The molecule has 0 aliphatic carbocycles. The molecule has 0 spiro atoms. The number of nitrogens with zero attached hydrogens (tertiary/aromatic N) is 3. The molecule has 1 aliphatic rings. The molecule has 1 saturated heterocycles. The number of amides is 2. The molecule has 1 fully saturated rings. The number of quaternary nitrogens is 1. The maximum atomic E-state index is 13.5. The molecule has 156 valence electrons. The minimum absolute atomic E-state index is 0.0532. The fourth-order valence-electron chi connectivity index (χ4n) is 4.12. The Hall–Kier alpha value is -3.16. The van der Waals surface area contributed by atoms with Crippen molar-refractivity contribution in [2.45, 2.75) is 6.54 Å². The molecule has 2 aromatic carbocycles. The first-order chi connectivity index (χ1) is 15.2. The molecule has 0 saturated carbocycles. The topological polar surface area (TPSA) is 70.7 Å². The lowest BCUT2D eigenvalue weighted by atomic mass is 10.1. The second-order valence-electron chi connectivity index (χ2n) is 7.85. The third-order valence-electron chi connectivity index (χ3n) is 5.85. The molecule has 2 amide bonds. The van der Waals surface area contributed by atoms with Gasteiger partial charge in [0.1, 0.15) is 12.2 Å². The zero-order valence-electron chi connectivity index (χ0n) is 17.1. The molecule has 0 bridgehead atoms. The van der Waals surface area contributed by atoms with Crippen LogP contribution in [0.4, 0.5) is 10.5 Å². The van der Waals surface area contributed by atoms with Crippen LogP contribution in [0.2, 0.25) is 0 Å². The van der Waals surface area contributed by atoms with E-state index in [1.165, 1.54) is 5.56 Å². The predicted molar refractivity (Wildman–Crippen MR) is 126 cm³/mol. The lowest BCUT2D eigenvalue weighted by molar-refractivity contribution is -0.857. The smallest absolute Gasteiger partial charge is 0.277 e. The summed E-state index contributed by atoms with van der Waals surface area (Å²) in [5.74, 6) is 1.99. The Balaban J connectivity index is 1.44. The van der Waals surface area contributed by atoms with Gasteiger partial charge in [0.2, 0.25) is 0 Å². The number of H-pyrrole nitrogens is 1. The summed E-state index contributed by atoms with van der Waals surface area (Å²) in [6.45, 7) is 2.38. The van der Waals surface area contributed by atoms with Gasteiger partial charge in [0.05, 0.1) is 18.6 Å². The largest absolute Gasteiger partial charge is 0.421 e. The maximum Gasteiger partial charge on any atom is 0.421 e. The second-order valence-corrected chi connectivity index (χ2v) is 9.07. The van der Waals surface area contributed by atoms with Crippen LogP contribution in [0.15, 0.2) is 73.1 Å². The van der Waals surface area contributed by atoms with E-state index in [1.807, 2.05) is 60.3 Å². The number of fused-ring (bicyclic) bond motifs is 1. The van der Waals surface area contributed by atoms with Crippen LogP contribution in [0.25, 0.3) is 22.2 Å². The van der Waals surface area contributed by atoms with Crippen molar-refractivity contribution in [1.29, 1.82) is 0 Å². The number of pyridine rings is 1. The van der Waals surface area contributed by atoms with E-state index in [0.717, 1.165) is 52.4 Å². The summed E-state index contributed by atoms with van der Waals surface area (Å²) in [4.78, 5) is 17.6. The second kappa shape index (κ2) is 8.53. The van der Waals surface area contributed by atoms with Crippen LogP contribution in [0.5, 0.6) is 0 Å². The molecule has 5 rings (SSSR count). The summed E-state index contributed by atoms with van der Waals surface area (Å²) < 4.78 is 0.428. The van der Waals surface area contributed by atoms with Gasteiger partial charge in [-0.3, -0.25) is 15.4 Å². The summed E-state index contributed by atoms with van der Waals surface area (Å²) in [6, 6.07) is 20.1. The first-order valence-electron chi connectivity index (χ1n) is 10.4. The first-order valence-corrected chi connectivity index (χ1v) is 11.6. The number of benzene rings is 2. The Morgan fingerprint density at radius 2 is 1.81 bits per heavy atom. The van der Waals surface area contributed by atoms with Crippen LogP contribution in [-0.4, -0.2) is 50.3 Å². The first kappa shape index (κ1) is 19.8. The van der Waals surface area contributed by atoms with Gasteiger partial charge in [0.25, 0.3) is 0 Å². The van der Waals surface area contributed by atoms with Crippen molar-refractivity contribution in [1.82, 2.24) is 15.2 Å². The van der Waals surface area contributed by atoms with Gasteiger partial charge in [0.15, 0.2) is 0 Å². The van der Waals surface area contributed by atoms with E-state index in [0.29, 0.717) is 11.0 Å². The Morgan fingerprint density at radius 1 is 1.03 bits per heavy atom. The molecule has 0 radical (unpaired) electrons. The van der Waals surface area contributed by atoms with Crippen molar-refractivity contribution < 1.29 is 9.28 Å². The predicted octanol–water partition coefficient (Wildman–Crippen LogP) is 4.92. The Kier molecular flexibility index (Phi) is 5.44. The quantitative estimate of drug-likeness (QED) is 0.451. The average Bonchev–Trinajstić information content (AvgIpc) is 3.24. The summed E-state index contributed by atoms with van der Waals surface area (Å²) in [6.07, 6.45) is 3.51. The molecule has 2 N–H and O–H groups in total. The van der Waals surface area contributed by atoms with Gasteiger partial charge in [0, 0.05) is 46.1 Å². The van der Waals surface area contributed by atoms with Crippen molar-refractivity contribution in [3.63, 3.8) is 0 Å². The number of nitrogens with one attached hydrogen (secondary N) is 2. The number of urea groups is 1. The van der Waals surface area contributed by atoms with E-state index in [9.17, 15) is 4.79 Å². The number of hydrogen-bond acceptors (Lipinski definition) is 4. The number of carbonyl (C=O) groups is 1. The number of aromatic amines is 1. The molecular weight excluding hydrogens is 406 g/mol. The van der Waals surface area contributed by atoms with Crippen LogP contribution in [0, 0.1) is 0 Å². The molecule has 31 heavy (non-hydrogen) atoms. The molecular formula is C24H24N5OS+. The summed E-state index contributed by atoms with van der Waals surface area (Å²) in [7, 11) is 0. The monoisotopic (exact) mass is 430 g/mol. The van der Waals surface area contributed by atoms with Crippen molar-refractivity contribution >= 4 is 34.4 Å². The summed E-state index contributed by atoms with van der Waals surface area (Å²) >= 11 is 1.92. The Bertz CT molecular complexity index is 1190. The van der Waals surface area contributed by atoms with Crippen molar-refractivity contribution in [3.8, 4) is 11.3 Å². The highest BCUT2D eigenvalue weighted by Gasteiger charge is 2.39. The molecule has 4 aromatic rings. The number of thioether (sulfide) groups is 1.